The largest absolute Gasteiger partial charge is 0.329 e. The summed E-state index contributed by atoms with van der Waals surface area (Å²) in [6.45, 7) is 2.19. The minimum absolute atomic E-state index is 0.131. The summed E-state index contributed by atoms with van der Waals surface area (Å²) in [5, 5.41) is 0.268. The second kappa shape index (κ2) is 6.23. The van der Waals surface area contributed by atoms with E-state index in [2.05, 4.69) is 11.9 Å². The molecule has 98 valence electrons. The Morgan fingerprint density at radius 1 is 1.44 bits per heavy atom. The summed E-state index contributed by atoms with van der Waals surface area (Å²) in [5.74, 6) is 0.268. The Morgan fingerprint density at radius 2 is 2.28 bits per heavy atom. The molecule has 1 aliphatic rings. The van der Waals surface area contributed by atoms with Crippen LogP contribution < -0.4 is 0 Å². The lowest BCUT2D eigenvalue weighted by Gasteiger charge is -2.18. The van der Waals surface area contributed by atoms with E-state index in [1.807, 2.05) is 30.3 Å². The van der Waals surface area contributed by atoms with Crippen molar-refractivity contribution in [2.45, 2.75) is 43.2 Å². The van der Waals surface area contributed by atoms with Gasteiger partial charge >= 0.3 is 0 Å². The van der Waals surface area contributed by atoms with Crippen LogP contribution in [-0.4, -0.2) is 28.1 Å². The van der Waals surface area contributed by atoms with Gasteiger partial charge in [0.1, 0.15) is 5.37 Å². The molecule has 2 atom stereocenters. The monoisotopic (exact) mass is 264 g/mol. The molecule has 1 aromatic heterocycles. The number of rotatable bonds is 5. The second-order valence-electron chi connectivity index (χ2n) is 4.71. The van der Waals surface area contributed by atoms with E-state index in [0.29, 0.717) is 0 Å². The number of thioether (sulfide) groups is 1. The number of nitrogens with zero attached hydrogens (tertiary/aromatic N) is 2. The van der Waals surface area contributed by atoms with Crippen molar-refractivity contribution in [2.24, 2.45) is 0 Å². The molecule has 0 spiro atoms. The van der Waals surface area contributed by atoms with Crippen LogP contribution in [0.3, 0.4) is 0 Å². The van der Waals surface area contributed by atoms with E-state index in [-0.39, 0.29) is 16.5 Å². The van der Waals surface area contributed by atoms with E-state index in [9.17, 15) is 4.79 Å². The number of amides is 1. The van der Waals surface area contributed by atoms with Gasteiger partial charge in [-0.1, -0.05) is 32.3 Å². The second-order valence-corrected chi connectivity index (χ2v) is 6.00. The molecule has 0 aliphatic carbocycles. The van der Waals surface area contributed by atoms with Crippen LogP contribution in [0.2, 0.25) is 0 Å². The lowest BCUT2D eigenvalue weighted by Crippen LogP contribution is -2.27. The lowest BCUT2D eigenvalue weighted by atomic mass is 10.1. The van der Waals surface area contributed by atoms with Gasteiger partial charge in [-0.05, 0) is 12.5 Å². The van der Waals surface area contributed by atoms with Gasteiger partial charge in [-0.15, -0.1) is 11.8 Å². The molecule has 1 aromatic rings. The van der Waals surface area contributed by atoms with Crippen LogP contribution in [-0.2, 0) is 4.79 Å². The Labute approximate surface area is 113 Å². The molecule has 1 saturated heterocycles. The van der Waals surface area contributed by atoms with Crippen LogP contribution in [0.15, 0.2) is 24.5 Å². The summed E-state index contributed by atoms with van der Waals surface area (Å²) >= 11 is 1.77. The van der Waals surface area contributed by atoms with E-state index in [0.717, 1.165) is 18.4 Å². The van der Waals surface area contributed by atoms with Gasteiger partial charge in [-0.2, -0.15) is 0 Å². The summed E-state index contributed by atoms with van der Waals surface area (Å²) in [4.78, 5) is 18.2. The Bertz CT molecular complexity index is 396. The topological polar surface area (TPSA) is 33.2 Å². The highest BCUT2D eigenvalue weighted by Gasteiger charge is 2.38. The standard InChI is InChI=1S/C14H20N2OS/c1-3-4-5-8-12-13(17)16(2)14(18-12)11-7-6-9-15-10-11/h6-7,9-10,12,14H,3-5,8H2,1-2H3/t12-,14+/m0/s1. The van der Waals surface area contributed by atoms with Crippen molar-refractivity contribution < 1.29 is 4.79 Å². The first-order chi connectivity index (χ1) is 8.74. The van der Waals surface area contributed by atoms with Crippen molar-refractivity contribution in [3.8, 4) is 0 Å². The van der Waals surface area contributed by atoms with E-state index in [4.69, 9.17) is 0 Å². The third-order valence-electron chi connectivity index (χ3n) is 3.31. The number of carbonyl (C=O) groups is 1. The maximum absolute atomic E-state index is 12.2. The highest BCUT2D eigenvalue weighted by Crippen LogP contribution is 2.43. The predicted molar refractivity (Wildman–Crippen MR) is 75.3 cm³/mol. The van der Waals surface area contributed by atoms with Crippen LogP contribution in [0.25, 0.3) is 0 Å². The van der Waals surface area contributed by atoms with Crippen molar-refractivity contribution in [1.29, 1.82) is 0 Å². The fraction of sp³-hybridized carbons (Fsp3) is 0.571. The van der Waals surface area contributed by atoms with Gasteiger partial charge in [-0.3, -0.25) is 9.78 Å². The highest BCUT2D eigenvalue weighted by molar-refractivity contribution is 8.01. The normalized spacial score (nSPS) is 23.7. The van der Waals surface area contributed by atoms with Crippen molar-refractivity contribution in [3.05, 3.63) is 30.1 Å². The molecule has 2 heterocycles. The Balaban J connectivity index is 2.01. The summed E-state index contributed by atoms with van der Waals surface area (Å²) < 4.78 is 0. The fourth-order valence-corrected chi connectivity index (χ4v) is 3.72. The van der Waals surface area contributed by atoms with Crippen LogP contribution >= 0.6 is 11.8 Å². The highest BCUT2D eigenvalue weighted by atomic mass is 32.2. The Morgan fingerprint density at radius 3 is 2.94 bits per heavy atom. The van der Waals surface area contributed by atoms with Crippen molar-refractivity contribution in [1.82, 2.24) is 9.88 Å². The van der Waals surface area contributed by atoms with Gasteiger partial charge in [-0.25, -0.2) is 0 Å². The first kappa shape index (κ1) is 13.4. The fourth-order valence-electron chi connectivity index (χ4n) is 2.24. The summed E-state index contributed by atoms with van der Waals surface area (Å²) in [5.41, 5.74) is 1.12. The third kappa shape index (κ3) is 2.86. The molecule has 0 aromatic carbocycles. The lowest BCUT2D eigenvalue weighted by molar-refractivity contribution is -0.128. The summed E-state index contributed by atoms with van der Waals surface area (Å²) in [6.07, 6.45) is 8.19. The molecule has 0 unspecified atom stereocenters. The van der Waals surface area contributed by atoms with Crippen LogP contribution in [0.5, 0.6) is 0 Å². The first-order valence-electron chi connectivity index (χ1n) is 6.56. The number of hydrogen-bond donors (Lipinski definition) is 0. The Hall–Kier alpha value is -1.03. The number of aromatic nitrogens is 1. The van der Waals surface area contributed by atoms with Gasteiger partial charge in [0.15, 0.2) is 0 Å². The maximum atomic E-state index is 12.2. The van der Waals surface area contributed by atoms with Crippen LogP contribution in [0, 0.1) is 0 Å². The molecule has 3 nitrogen and oxygen atoms in total. The summed E-state index contributed by atoms with van der Waals surface area (Å²) in [7, 11) is 1.90. The minimum atomic E-state index is 0.131. The minimum Gasteiger partial charge on any atom is -0.329 e. The molecular formula is C14H20N2OS. The van der Waals surface area contributed by atoms with Crippen molar-refractivity contribution in [2.75, 3.05) is 7.05 Å². The van der Waals surface area contributed by atoms with Crippen molar-refractivity contribution in [3.63, 3.8) is 0 Å². The van der Waals surface area contributed by atoms with Gasteiger partial charge in [0, 0.05) is 25.0 Å². The molecule has 18 heavy (non-hydrogen) atoms. The first-order valence-corrected chi connectivity index (χ1v) is 7.50. The van der Waals surface area contributed by atoms with Crippen molar-refractivity contribution >= 4 is 17.7 Å². The third-order valence-corrected chi connectivity index (χ3v) is 4.92. The average molecular weight is 264 g/mol. The molecular weight excluding hydrogens is 244 g/mol. The van der Waals surface area contributed by atoms with Gasteiger partial charge in [0.05, 0.1) is 5.25 Å². The molecule has 0 saturated carbocycles. The maximum Gasteiger partial charge on any atom is 0.236 e. The zero-order chi connectivity index (χ0) is 13.0. The molecule has 0 N–H and O–H groups in total. The molecule has 0 bridgehead atoms. The SMILES string of the molecule is CCCCC[C@@H]1S[C@H](c2cccnc2)N(C)C1=O. The quantitative estimate of drug-likeness (QED) is 0.766. The smallest absolute Gasteiger partial charge is 0.236 e. The van der Waals surface area contributed by atoms with E-state index in [1.54, 1.807) is 18.0 Å². The number of pyridine rings is 1. The molecule has 2 rings (SSSR count). The van der Waals surface area contributed by atoms with Gasteiger partial charge < -0.3 is 4.90 Å². The van der Waals surface area contributed by atoms with E-state index < -0.39 is 0 Å². The van der Waals surface area contributed by atoms with E-state index >= 15 is 0 Å². The number of unbranched alkanes of at least 4 members (excludes halogenated alkanes) is 2. The zero-order valence-electron chi connectivity index (χ0n) is 11.0. The molecule has 4 heteroatoms. The molecule has 1 aliphatic heterocycles. The number of hydrogen-bond acceptors (Lipinski definition) is 3. The van der Waals surface area contributed by atoms with Crippen LogP contribution in [0.4, 0.5) is 0 Å². The Kier molecular flexibility index (Phi) is 4.64. The average Bonchev–Trinajstić information content (AvgIpc) is 2.68. The zero-order valence-corrected chi connectivity index (χ0v) is 11.8. The molecule has 1 fully saturated rings. The molecule has 1 amide bonds. The predicted octanol–water partition coefficient (Wildman–Crippen LogP) is 3.23. The van der Waals surface area contributed by atoms with Gasteiger partial charge in [0.2, 0.25) is 5.91 Å². The molecule has 0 radical (unpaired) electrons. The number of carbonyl (C=O) groups excluding carboxylic acids is 1. The van der Waals surface area contributed by atoms with Crippen LogP contribution in [0.1, 0.15) is 43.5 Å². The van der Waals surface area contributed by atoms with Gasteiger partial charge in [0.25, 0.3) is 0 Å². The van der Waals surface area contributed by atoms with E-state index in [1.165, 1.54) is 12.8 Å². The summed E-state index contributed by atoms with van der Waals surface area (Å²) in [6, 6.07) is 3.97.